The molecule has 0 spiro atoms. The fourth-order valence-corrected chi connectivity index (χ4v) is 3.74. The number of amides is 1. The Kier molecular flexibility index (Phi) is 10.5. The first-order valence-corrected chi connectivity index (χ1v) is 13.3. The summed E-state index contributed by atoms with van der Waals surface area (Å²) >= 11 is 0. The van der Waals surface area contributed by atoms with Crippen LogP contribution in [0.15, 0.2) is 102 Å². The van der Waals surface area contributed by atoms with Crippen molar-refractivity contribution in [1.29, 1.82) is 0 Å². The Bertz CT molecular complexity index is 1490. The fraction of sp³-hybridized carbons (Fsp3) is 0.182. The van der Waals surface area contributed by atoms with Gasteiger partial charge in [0, 0.05) is 0 Å². The van der Waals surface area contributed by atoms with Gasteiger partial charge < -0.3 is 23.7 Å². The quantitative estimate of drug-likeness (QED) is 0.0939. The van der Waals surface area contributed by atoms with Gasteiger partial charge in [-0.25, -0.2) is 10.2 Å². The molecule has 0 bridgehead atoms. The lowest BCUT2D eigenvalue weighted by Crippen LogP contribution is -2.33. The van der Waals surface area contributed by atoms with Crippen LogP contribution in [0.5, 0.6) is 28.7 Å². The monoisotopic (exact) mass is 568 g/mol. The van der Waals surface area contributed by atoms with Gasteiger partial charge in [-0.3, -0.25) is 4.79 Å². The van der Waals surface area contributed by atoms with Crippen LogP contribution in [-0.4, -0.2) is 37.9 Å². The van der Waals surface area contributed by atoms with Crippen molar-refractivity contribution >= 4 is 18.1 Å². The number of hydrazone groups is 1. The standard InChI is InChI=1S/C33H32N2O7/c1-4-39-27-13-11-26(12-14-27)33(37)42-30-19-10-25(20-31(30)38-3)21-34-35-32(36)23(2)41-29-17-15-28(16-18-29)40-22-24-8-6-5-7-9-24/h5-21,23H,4,22H2,1-3H3,(H,35,36)/b34-21-/t23-/m1/s1. The van der Waals surface area contributed by atoms with Crippen molar-refractivity contribution in [2.45, 2.75) is 26.6 Å². The molecule has 0 unspecified atom stereocenters. The van der Waals surface area contributed by atoms with Gasteiger partial charge in [-0.15, -0.1) is 0 Å². The molecule has 0 fully saturated rings. The molecule has 0 saturated heterocycles. The van der Waals surface area contributed by atoms with E-state index in [0.717, 1.165) is 5.56 Å². The third-order valence-corrected chi connectivity index (χ3v) is 5.93. The van der Waals surface area contributed by atoms with Crippen LogP contribution >= 0.6 is 0 Å². The number of nitrogens with zero attached hydrogens (tertiary/aromatic N) is 1. The van der Waals surface area contributed by atoms with E-state index < -0.39 is 18.0 Å². The largest absolute Gasteiger partial charge is 0.494 e. The first-order chi connectivity index (χ1) is 20.4. The zero-order chi connectivity index (χ0) is 29.7. The molecule has 0 heterocycles. The van der Waals surface area contributed by atoms with Gasteiger partial charge in [-0.05, 0) is 91.7 Å². The molecule has 4 aromatic rings. The van der Waals surface area contributed by atoms with Crippen molar-refractivity contribution in [1.82, 2.24) is 5.43 Å². The van der Waals surface area contributed by atoms with E-state index in [4.69, 9.17) is 23.7 Å². The van der Waals surface area contributed by atoms with Crippen LogP contribution in [-0.2, 0) is 11.4 Å². The SMILES string of the molecule is CCOc1ccc(C(=O)Oc2ccc(/C=N\NC(=O)[C@@H](C)Oc3ccc(OCc4ccccc4)cc3)cc2OC)cc1. The molecule has 0 radical (unpaired) electrons. The van der Waals surface area contributed by atoms with E-state index in [2.05, 4.69) is 10.5 Å². The minimum atomic E-state index is -0.794. The van der Waals surface area contributed by atoms with Crippen LogP contribution in [0.2, 0.25) is 0 Å². The lowest BCUT2D eigenvalue weighted by Gasteiger charge is -2.13. The van der Waals surface area contributed by atoms with Crippen LogP contribution in [0.25, 0.3) is 0 Å². The molecule has 0 aliphatic rings. The minimum Gasteiger partial charge on any atom is -0.494 e. The Hall–Kier alpha value is -5.31. The maximum absolute atomic E-state index is 12.6. The number of carbonyl (C=O) groups is 2. The van der Waals surface area contributed by atoms with Crippen LogP contribution in [0.4, 0.5) is 0 Å². The van der Waals surface area contributed by atoms with E-state index in [1.807, 2.05) is 37.3 Å². The number of hydrogen-bond donors (Lipinski definition) is 1. The summed E-state index contributed by atoms with van der Waals surface area (Å²) in [6, 6.07) is 28.5. The molecule has 0 aromatic heterocycles. The highest BCUT2D eigenvalue weighted by Crippen LogP contribution is 2.28. The van der Waals surface area contributed by atoms with Crippen molar-refractivity contribution < 1.29 is 33.3 Å². The summed E-state index contributed by atoms with van der Waals surface area (Å²) in [7, 11) is 1.47. The summed E-state index contributed by atoms with van der Waals surface area (Å²) < 4.78 is 27.8. The maximum atomic E-state index is 12.6. The molecule has 9 nitrogen and oxygen atoms in total. The van der Waals surface area contributed by atoms with Crippen LogP contribution in [0.1, 0.15) is 35.3 Å². The van der Waals surface area contributed by atoms with Crippen molar-refractivity contribution in [2.24, 2.45) is 5.10 Å². The Morgan fingerprint density at radius 1 is 0.833 bits per heavy atom. The van der Waals surface area contributed by atoms with Crippen molar-refractivity contribution in [3.8, 4) is 28.7 Å². The smallest absolute Gasteiger partial charge is 0.343 e. The molecule has 1 atom stereocenters. The van der Waals surface area contributed by atoms with Crippen LogP contribution < -0.4 is 29.1 Å². The molecule has 1 N–H and O–H groups in total. The van der Waals surface area contributed by atoms with Gasteiger partial charge in [-0.1, -0.05) is 30.3 Å². The normalized spacial score (nSPS) is 11.4. The number of methoxy groups -OCH3 is 1. The lowest BCUT2D eigenvalue weighted by molar-refractivity contribution is -0.127. The predicted octanol–water partition coefficient (Wildman–Crippen LogP) is 5.81. The summed E-state index contributed by atoms with van der Waals surface area (Å²) in [5.74, 6) is 1.50. The van der Waals surface area contributed by atoms with Gasteiger partial charge >= 0.3 is 5.97 Å². The molecular weight excluding hydrogens is 536 g/mol. The highest BCUT2D eigenvalue weighted by Gasteiger charge is 2.15. The summed E-state index contributed by atoms with van der Waals surface area (Å²) in [6.07, 6.45) is 0.654. The molecule has 4 rings (SSSR count). The van der Waals surface area contributed by atoms with Gasteiger partial charge in [0.05, 0.1) is 25.5 Å². The summed E-state index contributed by atoms with van der Waals surface area (Å²) in [5.41, 5.74) is 4.53. The molecule has 1 amide bonds. The molecule has 0 aliphatic carbocycles. The van der Waals surface area contributed by atoms with E-state index in [1.165, 1.54) is 13.3 Å². The predicted molar refractivity (Wildman–Crippen MR) is 159 cm³/mol. The number of rotatable bonds is 13. The highest BCUT2D eigenvalue weighted by molar-refractivity contribution is 5.92. The summed E-state index contributed by atoms with van der Waals surface area (Å²) in [6.45, 7) is 4.51. The second-order valence-electron chi connectivity index (χ2n) is 9.00. The van der Waals surface area contributed by atoms with Gasteiger partial charge in [0.25, 0.3) is 5.91 Å². The number of nitrogens with one attached hydrogen (secondary N) is 1. The van der Waals surface area contributed by atoms with Gasteiger partial charge in [-0.2, -0.15) is 5.10 Å². The zero-order valence-electron chi connectivity index (χ0n) is 23.6. The molecule has 9 heteroatoms. The number of esters is 1. The Morgan fingerprint density at radius 3 is 2.19 bits per heavy atom. The first kappa shape index (κ1) is 29.7. The Labute approximate surface area is 244 Å². The second kappa shape index (κ2) is 14.9. The highest BCUT2D eigenvalue weighted by atomic mass is 16.6. The molecule has 42 heavy (non-hydrogen) atoms. The van der Waals surface area contributed by atoms with Crippen LogP contribution in [0.3, 0.4) is 0 Å². The number of hydrogen-bond acceptors (Lipinski definition) is 8. The summed E-state index contributed by atoms with van der Waals surface area (Å²) in [5, 5.41) is 4.01. The Balaban J connectivity index is 1.26. The molecule has 0 aliphatic heterocycles. The fourth-order valence-electron chi connectivity index (χ4n) is 3.74. The van der Waals surface area contributed by atoms with E-state index in [-0.39, 0.29) is 5.75 Å². The second-order valence-corrected chi connectivity index (χ2v) is 9.00. The zero-order valence-corrected chi connectivity index (χ0v) is 23.6. The number of ether oxygens (including phenoxy) is 5. The van der Waals surface area contributed by atoms with E-state index in [9.17, 15) is 9.59 Å². The minimum absolute atomic E-state index is 0.246. The Morgan fingerprint density at radius 2 is 1.50 bits per heavy atom. The first-order valence-electron chi connectivity index (χ1n) is 13.3. The van der Waals surface area contributed by atoms with Crippen molar-refractivity contribution in [3.05, 3.63) is 114 Å². The molecule has 216 valence electrons. The molecule has 4 aromatic carbocycles. The summed E-state index contributed by atoms with van der Waals surface area (Å²) in [4.78, 5) is 25.1. The molecule has 0 saturated carbocycles. The maximum Gasteiger partial charge on any atom is 0.343 e. The third-order valence-electron chi connectivity index (χ3n) is 5.93. The average molecular weight is 569 g/mol. The van der Waals surface area contributed by atoms with Crippen LogP contribution in [0, 0.1) is 0 Å². The van der Waals surface area contributed by atoms with Gasteiger partial charge in [0.2, 0.25) is 0 Å². The average Bonchev–Trinajstić information content (AvgIpc) is 3.02. The lowest BCUT2D eigenvalue weighted by atomic mass is 10.2. The van der Waals surface area contributed by atoms with Crippen molar-refractivity contribution in [3.63, 3.8) is 0 Å². The number of carbonyl (C=O) groups excluding carboxylic acids is 2. The van der Waals surface area contributed by atoms with Gasteiger partial charge in [0.15, 0.2) is 17.6 Å². The topological polar surface area (TPSA) is 105 Å². The van der Waals surface area contributed by atoms with Gasteiger partial charge in [0.1, 0.15) is 23.9 Å². The van der Waals surface area contributed by atoms with E-state index >= 15 is 0 Å². The molecular formula is C33H32N2O7. The van der Waals surface area contributed by atoms with Crippen molar-refractivity contribution in [2.75, 3.05) is 13.7 Å². The number of benzene rings is 4. The van der Waals surface area contributed by atoms with E-state index in [1.54, 1.807) is 73.7 Å². The van der Waals surface area contributed by atoms with E-state index in [0.29, 0.717) is 47.3 Å². The third kappa shape index (κ3) is 8.59.